The second-order valence-electron chi connectivity index (χ2n) is 6.52. The van der Waals surface area contributed by atoms with E-state index in [-0.39, 0.29) is 23.0 Å². The molecule has 2 aromatic carbocycles. The summed E-state index contributed by atoms with van der Waals surface area (Å²) in [6, 6.07) is 15.6. The number of halogens is 1. The van der Waals surface area contributed by atoms with Gasteiger partial charge in [0, 0.05) is 6.54 Å². The summed E-state index contributed by atoms with van der Waals surface area (Å²) < 4.78 is 14.5. The van der Waals surface area contributed by atoms with Crippen molar-refractivity contribution in [3.05, 3.63) is 82.5 Å². The van der Waals surface area contributed by atoms with Gasteiger partial charge in [0.2, 0.25) is 5.91 Å². The van der Waals surface area contributed by atoms with E-state index in [1.54, 1.807) is 16.8 Å². The number of para-hydroxylation sites is 1. The minimum atomic E-state index is -0.304. The van der Waals surface area contributed by atoms with Gasteiger partial charge in [0.05, 0.1) is 17.6 Å². The van der Waals surface area contributed by atoms with Gasteiger partial charge in [-0.25, -0.2) is 14.1 Å². The summed E-state index contributed by atoms with van der Waals surface area (Å²) in [6.07, 6.45) is 2.08. The first kappa shape index (κ1) is 19.8. The number of carbonyl (C=O) groups is 1. The Labute approximate surface area is 175 Å². The number of aromatic nitrogens is 4. The highest BCUT2D eigenvalue weighted by Crippen LogP contribution is 2.17. The molecule has 0 radical (unpaired) electrons. The molecule has 0 spiro atoms. The van der Waals surface area contributed by atoms with Gasteiger partial charge in [0.1, 0.15) is 11.2 Å². The Kier molecular flexibility index (Phi) is 5.89. The summed E-state index contributed by atoms with van der Waals surface area (Å²) in [6.45, 7) is 0.439. The van der Waals surface area contributed by atoms with E-state index in [0.717, 1.165) is 23.0 Å². The van der Waals surface area contributed by atoms with Crippen molar-refractivity contribution in [3.8, 4) is 5.69 Å². The second kappa shape index (κ2) is 8.91. The fourth-order valence-electron chi connectivity index (χ4n) is 2.91. The van der Waals surface area contributed by atoms with Crippen LogP contribution in [-0.4, -0.2) is 38.0 Å². The SMILES string of the molecule is O=C(CSc1nc2c(cnn2-c2ccccc2)c(=O)[nH]1)NCCc1ccc(F)cc1. The number of amides is 1. The van der Waals surface area contributed by atoms with E-state index >= 15 is 0 Å². The number of thioether (sulfide) groups is 1. The highest BCUT2D eigenvalue weighted by molar-refractivity contribution is 7.99. The van der Waals surface area contributed by atoms with Gasteiger partial charge >= 0.3 is 0 Å². The first-order chi connectivity index (χ1) is 14.6. The van der Waals surface area contributed by atoms with E-state index in [2.05, 4.69) is 20.4 Å². The number of hydrogen-bond donors (Lipinski definition) is 2. The summed E-state index contributed by atoms with van der Waals surface area (Å²) in [5.74, 6) is -0.357. The third-order valence-corrected chi connectivity index (χ3v) is 5.28. The fourth-order valence-corrected chi connectivity index (χ4v) is 3.59. The van der Waals surface area contributed by atoms with Crippen molar-refractivity contribution in [1.29, 1.82) is 0 Å². The van der Waals surface area contributed by atoms with Crippen LogP contribution in [0.1, 0.15) is 5.56 Å². The minimum absolute atomic E-state index is 0.108. The van der Waals surface area contributed by atoms with Crippen molar-refractivity contribution in [2.75, 3.05) is 12.3 Å². The summed E-state index contributed by atoms with van der Waals surface area (Å²) in [5, 5.41) is 7.80. The molecule has 4 aromatic rings. The molecular weight excluding hydrogens is 405 g/mol. The lowest BCUT2D eigenvalue weighted by molar-refractivity contribution is -0.118. The van der Waals surface area contributed by atoms with Crippen molar-refractivity contribution >= 4 is 28.7 Å². The lowest BCUT2D eigenvalue weighted by Crippen LogP contribution is -2.27. The highest BCUT2D eigenvalue weighted by atomic mass is 32.2. The number of nitrogens with zero attached hydrogens (tertiary/aromatic N) is 3. The van der Waals surface area contributed by atoms with Crippen molar-refractivity contribution in [3.63, 3.8) is 0 Å². The molecular formula is C21H18FN5O2S. The third-order valence-electron chi connectivity index (χ3n) is 4.41. The lowest BCUT2D eigenvalue weighted by atomic mass is 10.1. The van der Waals surface area contributed by atoms with Gasteiger partial charge in [-0.1, -0.05) is 42.1 Å². The molecule has 0 saturated heterocycles. The smallest absolute Gasteiger partial charge is 0.262 e. The molecule has 0 saturated carbocycles. The van der Waals surface area contributed by atoms with Gasteiger partial charge in [0.25, 0.3) is 5.56 Å². The van der Waals surface area contributed by atoms with E-state index in [9.17, 15) is 14.0 Å². The maximum absolute atomic E-state index is 12.9. The van der Waals surface area contributed by atoms with Crippen LogP contribution in [-0.2, 0) is 11.2 Å². The average Bonchev–Trinajstić information content (AvgIpc) is 3.19. The molecule has 30 heavy (non-hydrogen) atoms. The van der Waals surface area contributed by atoms with Crippen LogP contribution in [0.4, 0.5) is 4.39 Å². The van der Waals surface area contributed by atoms with E-state index in [4.69, 9.17) is 0 Å². The molecule has 0 unspecified atom stereocenters. The molecule has 9 heteroatoms. The Morgan fingerprint density at radius 3 is 2.67 bits per heavy atom. The van der Waals surface area contributed by atoms with Crippen LogP contribution in [0.5, 0.6) is 0 Å². The number of benzene rings is 2. The lowest BCUT2D eigenvalue weighted by Gasteiger charge is -2.06. The minimum Gasteiger partial charge on any atom is -0.355 e. The maximum Gasteiger partial charge on any atom is 0.262 e. The van der Waals surface area contributed by atoms with Gasteiger partial charge < -0.3 is 10.3 Å². The molecule has 0 aliphatic heterocycles. The van der Waals surface area contributed by atoms with E-state index < -0.39 is 0 Å². The molecule has 4 rings (SSSR count). The van der Waals surface area contributed by atoms with Crippen LogP contribution < -0.4 is 10.9 Å². The molecule has 2 N–H and O–H groups in total. The number of H-pyrrole nitrogens is 1. The molecule has 1 amide bonds. The second-order valence-corrected chi connectivity index (χ2v) is 7.48. The molecule has 2 heterocycles. The molecule has 7 nitrogen and oxygen atoms in total. The van der Waals surface area contributed by atoms with Crippen molar-refractivity contribution < 1.29 is 9.18 Å². The Morgan fingerprint density at radius 2 is 1.90 bits per heavy atom. The number of rotatable bonds is 7. The molecule has 152 valence electrons. The zero-order valence-electron chi connectivity index (χ0n) is 15.8. The molecule has 2 aromatic heterocycles. The normalized spacial score (nSPS) is 11.0. The van der Waals surface area contributed by atoms with Gasteiger partial charge in [-0.15, -0.1) is 0 Å². The van der Waals surface area contributed by atoms with Crippen LogP contribution in [0.2, 0.25) is 0 Å². The number of aromatic amines is 1. The van der Waals surface area contributed by atoms with E-state index in [1.807, 2.05) is 30.3 Å². The van der Waals surface area contributed by atoms with Gasteiger partial charge in [-0.3, -0.25) is 9.59 Å². The van der Waals surface area contributed by atoms with Gasteiger partial charge in [0.15, 0.2) is 10.8 Å². The van der Waals surface area contributed by atoms with Crippen molar-refractivity contribution in [2.24, 2.45) is 0 Å². The number of fused-ring (bicyclic) bond motifs is 1. The molecule has 0 atom stereocenters. The topological polar surface area (TPSA) is 92.7 Å². The predicted octanol–water partition coefficient (Wildman–Crippen LogP) is 2.70. The molecule has 0 bridgehead atoms. The predicted molar refractivity (Wildman–Crippen MR) is 113 cm³/mol. The van der Waals surface area contributed by atoms with Crippen molar-refractivity contribution in [1.82, 2.24) is 25.1 Å². The fraction of sp³-hybridized carbons (Fsp3) is 0.143. The molecule has 0 fully saturated rings. The summed E-state index contributed by atoms with van der Waals surface area (Å²) >= 11 is 1.14. The van der Waals surface area contributed by atoms with Gasteiger partial charge in [-0.05, 0) is 36.2 Å². The van der Waals surface area contributed by atoms with E-state index in [1.165, 1.54) is 18.3 Å². The van der Waals surface area contributed by atoms with Crippen molar-refractivity contribution in [2.45, 2.75) is 11.6 Å². The zero-order valence-corrected chi connectivity index (χ0v) is 16.7. The Hall–Kier alpha value is -3.46. The van der Waals surface area contributed by atoms with Crippen LogP contribution in [0.3, 0.4) is 0 Å². The van der Waals surface area contributed by atoms with Crippen LogP contribution in [0.25, 0.3) is 16.7 Å². The third kappa shape index (κ3) is 4.57. The quantitative estimate of drug-likeness (QED) is 0.352. The number of nitrogens with one attached hydrogen (secondary N) is 2. The monoisotopic (exact) mass is 423 g/mol. The first-order valence-electron chi connectivity index (χ1n) is 9.27. The first-order valence-corrected chi connectivity index (χ1v) is 10.3. The van der Waals surface area contributed by atoms with Gasteiger partial charge in [-0.2, -0.15) is 5.10 Å². The zero-order chi connectivity index (χ0) is 20.9. The maximum atomic E-state index is 12.9. The van der Waals surface area contributed by atoms with Crippen LogP contribution >= 0.6 is 11.8 Å². The molecule has 0 aliphatic rings. The number of hydrogen-bond acceptors (Lipinski definition) is 5. The summed E-state index contributed by atoms with van der Waals surface area (Å²) in [5.41, 5.74) is 1.86. The van der Waals surface area contributed by atoms with E-state index in [0.29, 0.717) is 29.2 Å². The summed E-state index contributed by atoms with van der Waals surface area (Å²) in [7, 11) is 0. The summed E-state index contributed by atoms with van der Waals surface area (Å²) in [4.78, 5) is 31.6. The largest absolute Gasteiger partial charge is 0.355 e. The Balaban J connectivity index is 1.39. The standard InChI is InChI=1S/C21H18FN5O2S/c22-15-8-6-14(7-9-15)10-11-23-18(28)13-30-21-25-19-17(20(29)26-21)12-24-27(19)16-4-2-1-3-5-16/h1-9,12H,10-11,13H2,(H,23,28)(H,25,26,29). The highest BCUT2D eigenvalue weighted by Gasteiger charge is 2.12. The number of carbonyl (C=O) groups excluding carboxylic acids is 1. The Bertz CT molecular complexity index is 1220. The van der Waals surface area contributed by atoms with Crippen LogP contribution in [0.15, 0.2) is 70.7 Å². The Morgan fingerprint density at radius 1 is 1.13 bits per heavy atom. The molecule has 0 aliphatic carbocycles. The average molecular weight is 423 g/mol. The van der Waals surface area contributed by atoms with Crippen LogP contribution in [0, 0.1) is 5.82 Å².